The molecule has 4 amide bonds. The maximum absolute atomic E-state index is 14.6. The Kier molecular flexibility index (Phi) is 29.9. The molecule has 0 aliphatic carbocycles. The molecule has 0 radical (unpaired) electrons. The monoisotopic (exact) mass is 1220 g/mol. The van der Waals surface area contributed by atoms with Crippen LogP contribution in [0.2, 0.25) is 0 Å². The predicted molar refractivity (Wildman–Crippen MR) is 339 cm³/mol. The lowest BCUT2D eigenvalue weighted by Gasteiger charge is -2.41. The fourth-order valence-electron chi connectivity index (χ4n) is 10.6. The molecule has 1 aromatic heterocycles. The molecular formula is C65H99N5O11S3. The van der Waals surface area contributed by atoms with E-state index >= 15 is 0 Å². The average molecular weight is 1220 g/mol. The maximum Gasteiger partial charge on any atom is 0.414 e. The van der Waals surface area contributed by atoms with Gasteiger partial charge in [-0.2, -0.15) is 0 Å². The molecular weight excluding hydrogens is 1120 g/mol. The number of aryl methyl sites for hydroxylation is 1. The highest BCUT2D eigenvalue weighted by Gasteiger charge is 2.43. The van der Waals surface area contributed by atoms with Crippen LogP contribution >= 0.6 is 32.9 Å². The third kappa shape index (κ3) is 22.2. The van der Waals surface area contributed by atoms with Crippen LogP contribution < -0.4 is 4.74 Å². The number of carbonyl (C=O) groups excluding carboxylic acids is 7. The minimum absolute atomic E-state index is 0.0121. The summed E-state index contributed by atoms with van der Waals surface area (Å²) in [6.45, 7) is 23.0. The molecule has 84 heavy (non-hydrogen) atoms. The van der Waals surface area contributed by atoms with Gasteiger partial charge in [0.05, 0.1) is 35.7 Å². The van der Waals surface area contributed by atoms with Crippen molar-refractivity contribution in [2.24, 2.45) is 35.5 Å². The van der Waals surface area contributed by atoms with Crippen LogP contribution in [0.5, 0.6) is 5.75 Å². The van der Waals surface area contributed by atoms with Crippen LogP contribution in [0.15, 0.2) is 60.0 Å². The van der Waals surface area contributed by atoms with Gasteiger partial charge in [-0.15, -0.1) is 11.3 Å². The molecule has 468 valence electrons. The summed E-state index contributed by atoms with van der Waals surface area (Å²) in [5, 5.41) is 2.50. The number of ketones is 3. The number of likely N-dealkylation sites (N-methyl/N-ethyl adjacent to an activating group) is 1. The standard InChI is InChI=1S/C65H99N5O11S3/c1-17-44(6)59(69(14)62(75)51(43(4)5)39-56(73)45(7)42(2)3)57(78-15)40-58(74)70-32-22-26-53(70)60(79-16)46(8)55(72)38-49(37-48-23-19-18-20-24-48)61-66-52(41-82-61)54(71)27-21-25-47-28-30-50(31-29-47)80-63(76)67(12)33-35-83-84-36-34-68(13)64(77)81-65(9,10)11/h18-20,23-24,28-31,41-46,49,51,53,57,59-60H,17,21-22,25-27,32-40H2,1-16H3/t44-,45-,46-,49+,51-,53-,57+,59-,60+/m0/s1. The number of nitrogens with zero attached hydrogens (tertiary/aromatic N) is 5. The van der Waals surface area contributed by atoms with Gasteiger partial charge >= 0.3 is 12.2 Å². The lowest BCUT2D eigenvalue weighted by molar-refractivity contribution is -0.149. The van der Waals surface area contributed by atoms with Crippen LogP contribution in [0.25, 0.3) is 0 Å². The van der Waals surface area contributed by atoms with E-state index in [1.165, 1.54) is 16.2 Å². The second-order valence-electron chi connectivity index (χ2n) is 24.5. The van der Waals surface area contributed by atoms with Gasteiger partial charge in [0, 0.05) is 115 Å². The van der Waals surface area contributed by atoms with Gasteiger partial charge in [-0.25, -0.2) is 14.6 Å². The third-order valence-electron chi connectivity index (χ3n) is 16.5. The first-order chi connectivity index (χ1) is 39.7. The van der Waals surface area contributed by atoms with Gasteiger partial charge in [0.1, 0.15) is 28.6 Å². The van der Waals surface area contributed by atoms with Crippen molar-refractivity contribution >= 4 is 74.3 Å². The van der Waals surface area contributed by atoms with E-state index in [1.807, 2.05) is 110 Å². The molecule has 3 aromatic rings. The molecule has 0 spiro atoms. The molecule has 9 atom stereocenters. The molecule has 16 nitrogen and oxygen atoms in total. The summed E-state index contributed by atoms with van der Waals surface area (Å²) in [6.07, 6.45) is 2.55. The Morgan fingerprint density at radius 3 is 1.95 bits per heavy atom. The fraction of sp³-hybridized carbons (Fsp3) is 0.662. The van der Waals surface area contributed by atoms with Gasteiger partial charge in [-0.1, -0.05) is 126 Å². The number of hydrogen-bond donors (Lipinski definition) is 0. The summed E-state index contributed by atoms with van der Waals surface area (Å²) in [4.78, 5) is 107. The van der Waals surface area contributed by atoms with Gasteiger partial charge in [-0.05, 0) is 93.9 Å². The zero-order valence-electron chi connectivity index (χ0n) is 53.2. The molecule has 2 heterocycles. The lowest BCUT2D eigenvalue weighted by atomic mass is 9.82. The minimum atomic E-state index is -0.618. The SMILES string of the molecule is CC[C@H](C)[C@@H]([C@@H](CC(=O)N1CCC[C@H]1[C@H](OC)[C@@H](C)C(=O)C[C@@H](Cc1ccccc1)c1nc(C(=O)CCCc2ccc(OC(=O)N(C)CCSSCCN(C)C(=O)OC(C)(C)C)cc2)cs1)OC)N(C)C(=O)[C@@H](CC(=O)[C@@H](C)C(C)C)C(C)C. The number of rotatable bonds is 35. The number of carbonyl (C=O) groups is 7. The molecule has 19 heteroatoms. The number of thiazole rings is 1. The van der Waals surface area contributed by atoms with E-state index in [2.05, 4.69) is 13.8 Å². The normalized spacial score (nSPS) is 16.5. The smallest absolute Gasteiger partial charge is 0.414 e. The number of amides is 4. The fourth-order valence-corrected chi connectivity index (χ4v) is 13.6. The van der Waals surface area contributed by atoms with E-state index < -0.39 is 41.8 Å². The van der Waals surface area contributed by atoms with Crippen LogP contribution in [0.3, 0.4) is 0 Å². The van der Waals surface area contributed by atoms with E-state index in [0.717, 1.165) is 29.7 Å². The summed E-state index contributed by atoms with van der Waals surface area (Å²) in [7, 11) is 11.6. The molecule has 4 rings (SSSR count). The van der Waals surface area contributed by atoms with E-state index in [4.69, 9.17) is 23.9 Å². The molecule has 1 aliphatic heterocycles. The third-order valence-corrected chi connectivity index (χ3v) is 19.8. The molecule has 2 aromatic carbocycles. The van der Waals surface area contributed by atoms with E-state index in [1.54, 1.807) is 84.3 Å². The van der Waals surface area contributed by atoms with Gasteiger partial charge in [-0.3, -0.25) is 24.0 Å². The van der Waals surface area contributed by atoms with Crippen molar-refractivity contribution in [3.8, 4) is 5.75 Å². The molecule has 1 saturated heterocycles. The van der Waals surface area contributed by atoms with Crippen LogP contribution in [0.4, 0.5) is 9.59 Å². The molecule has 0 saturated carbocycles. The number of likely N-dealkylation sites (tertiary alicyclic amines) is 1. The summed E-state index contributed by atoms with van der Waals surface area (Å²) >= 11 is 1.39. The van der Waals surface area contributed by atoms with Crippen molar-refractivity contribution in [3.63, 3.8) is 0 Å². The predicted octanol–water partition coefficient (Wildman–Crippen LogP) is 12.8. The first kappa shape index (κ1) is 71.7. The number of aromatic nitrogens is 1. The summed E-state index contributed by atoms with van der Waals surface area (Å²) < 4.78 is 23.3. The molecule has 1 aliphatic rings. The molecule has 1 fully saturated rings. The van der Waals surface area contributed by atoms with Crippen molar-refractivity contribution in [1.82, 2.24) is 24.6 Å². The Hall–Kier alpha value is -4.82. The van der Waals surface area contributed by atoms with Gasteiger partial charge in [0.15, 0.2) is 5.78 Å². The second-order valence-corrected chi connectivity index (χ2v) is 28.1. The van der Waals surface area contributed by atoms with Crippen molar-refractivity contribution in [2.75, 3.05) is 66.5 Å². The van der Waals surface area contributed by atoms with E-state index in [9.17, 15) is 33.6 Å². The topological polar surface area (TPSA) is 182 Å². The van der Waals surface area contributed by atoms with E-state index in [0.29, 0.717) is 67.5 Å². The number of ether oxygens (including phenoxy) is 4. The Morgan fingerprint density at radius 2 is 1.38 bits per heavy atom. The van der Waals surface area contributed by atoms with E-state index in [-0.39, 0.29) is 96.6 Å². The highest BCUT2D eigenvalue weighted by atomic mass is 33.1. The highest BCUT2D eigenvalue weighted by molar-refractivity contribution is 8.76. The summed E-state index contributed by atoms with van der Waals surface area (Å²) in [5.41, 5.74) is 1.88. The quantitative estimate of drug-likeness (QED) is 0.0308. The van der Waals surface area contributed by atoms with Crippen molar-refractivity contribution < 1.29 is 52.5 Å². The molecule has 0 bridgehead atoms. The zero-order valence-corrected chi connectivity index (χ0v) is 55.6. The minimum Gasteiger partial charge on any atom is -0.444 e. The Bertz CT molecular complexity index is 2560. The van der Waals surface area contributed by atoms with Crippen LogP contribution in [0, 0.1) is 35.5 Å². The second kappa shape index (κ2) is 35.1. The average Bonchev–Trinajstić information content (AvgIpc) is 3.23. The zero-order chi connectivity index (χ0) is 62.4. The van der Waals surface area contributed by atoms with Crippen LogP contribution in [0.1, 0.15) is 160 Å². The number of methoxy groups -OCH3 is 2. The van der Waals surface area contributed by atoms with Gasteiger partial charge in [0.2, 0.25) is 11.8 Å². The Morgan fingerprint density at radius 1 is 0.762 bits per heavy atom. The summed E-state index contributed by atoms with van der Waals surface area (Å²) in [6, 6.07) is 16.5. The number of benzene rings is 2. The number of hydrogen-bond acceptors (Lipinski definition) is 15. The first-order valence-corrected chi connectivity index (χ1v) is 33.5. The summed E-state index contributed by atoms with van der Waals surface area (Å²) in [5.74, 6) is 0.129. The van der Waals surface area contributed by atoms with Crippen molar-refractivity contribution in [2.45, 2.75) is 176 Å². The van der Waals surface area contributed by atoms with Crippen molar-refractivity contribution in [3.05, 3.63) is 81.8 Å². The van der Waals surface area contributed by atoms with Gasteiger partial charge < -0.3 is 38.5 Å². The maximum atomic E-state index is 14.6. The molecule has 0 N–H and O–H groups in total. The highest BCUT2D eigenvalue weighted by Crippen LogP contribution is 2.35. The molecule has 0 unspecified atom stereocenters. The van der Waals surface area contributed by atoms with Gasteiger partial charge in [0.25, 0.3) is 0 Å². The van der Waals surface area contributed by atoms with Crippen LogP contribution in [-0.2, 0) is 46.2 Å². The lowest BCUT2D eigenvalue weighted by Crippen LogP contribution is -2.54. The Balaban J connectivity index is 1.35. The number of Topliss-reactive ketones (excluding diaryl/α,β-unsaturated/α-hetero) is 3. The van der Waals surface area contributed by atoms with Crippen LogP contribution in [-0.4, -0.2) is 162 Å². The Labute approximate surface area is 514 Å². The van der Waals surface area contributed by atoms with Crippen molar-refractivity contribution in [1.29, 1.82) is 0 Å². The first-order valence-electron chi connectivity index (χ1n) is 30.1. The largest absolute Gasteiger partial charge is 0.444 e.